The molecule has 2 heterocycles. The van der Waals surface area contributed by atoms with E-state index in [0.717, 1.165) is 57.2 Å². The number of rotatable bonds is 5. The Balaban J connectivity index is 1.87. The first kappa shape index (κ1) is 13.2. The lowest BCUT2D eigenvalue weighted by atomic mass is 10.3. The van der Waals surface area contributed by atoms with Gasteiger partial charge in [0.2, 0.25) is 5.95 Å². The van der Waals surface area contributed by atoms with Gasteiger partial charge >= 0.3 is 0 Å². The summed E-state index contributed by atoms with van der Waals surface area (Å²) in [7, 11) is 2.15. The number of anilines is 1. The first-order chi connectivity index (χ1) is 8.79. The van der Waals surface area contributed by atoms with E-state index in [9.17, 15) is 0 Å². The van der Waals surface area contributed by atoms with Gasteiger partial charge in [-0.25, -0.2) is 9.97 Å². The van der Waals surface area contributed by atoms with Crippen LogP contribution in [-0.2, 0) is 6.54 Å². The van der Waals surface area contributed by atoms with E-state index >= 15 is 0 Å². The Morgan fingerprint density at radius 2 is 1.83 bits per heavy atom. The Kier molecular flexibility index (Phi) is 4.90. The topological polar surface area (TPSA) is 44.3 Å². The minimum absolute atomic E-state index is 0.858. The summed E-state index contributed by atoms with van der Waals surface area (Å²) in [5, 5.41) is 3.36. The first-order valence-electron chi connectivity index (χ1n) is 6.74. The van der Waals surface area contributed by atoms with Gasteiger partial charge in [-0.2, -0.15) is 0 Å². The number of piperazine rings is 1. The van der Waals surface area contributed by atoms with Gasteiger partial charge in [-0.3, -0.25) is 0 Å². The Bertz CT molecular complexity index is 343. The van der Waals surface area contributed by atoms with Crippen LogP contribution < -0.4 is 10.2 Å². The highest BCUT2D eigenvalue weighted by Gasteiger charge is 2.15. The van der Waals surface area contributed by atoms with Crippen LogP contribution in [0.4, 0.5) is 5.95 Å². The van der Waals surface area contributed by atoms with Gasteiger partial charge in [0.25, 0.3) is 0 Å². The van der Waals surface area contributed by atoms with E-state index in [0.29, 0.717) is 0 Å². The van der Waals surface area contributed by atoms with Crippen molar-refractivity contribution < 1.29 is 0 Å². The first-order valence-corrected chi connectivity index (χ1v) is 6.74. The van der Waals surface area contributed by atoms with Crippen LogP contribution in [-0.4, -0.2) is 54.6 Å². The maximum absolute atomic E-state index is 4.46. The van der Waals surface area contributed by atoms with Crippen LogP contribution in [0.3, 0.4) is 0 Å². The lowest BCUT2D eigenvalue weighted by Crippen LogP contribution is -2.45. The molecule has 1 aliphatic heterocycles. The lowest BCUT2D eigenvalue weighted by Gasteiger charge is -2.32. The quantitative estimate of drug-likeness (QED) is 0.779. The molecule has 1 aromatic rings. The molecule has 5 heteroatoms. The van der Waals surface area contributed by atoms with Crippen LogP contribution in [0.5, 0.6) is 0 Å². The number of likely N-dealkylation sites (N-methyl/N-ethyl adjacent to an activating group) is 1. The largest absolute Gasteiger partial charge is 0.338 e. The summed E-state index contributed by atoms with van der Waals surface area (Å²) < 4.78 is 0. The van der Waals surface area contributed by atoms with Crippen molar-refractivity contribution in [1.82, 2.24) is 20.2 Å². The third kappa shape index (κ3) is 3.65. The molecule has 1 saturated heterocycles. The number of nitrogens with one attached hydrogen (secondary N) is 1. The summed E-state index contributed by atoms with van der Waals surface area (Å²) in [6.07, 6.45) is 5.02. The number of hydrogen-bond donors (Lipinski definition) is 1. The number of hydrogen-bond acceptors (Lipinski definition) is 5. The maximum atomic E-state index is 4.46. The van der Waals surface area contributed by atoms with E-state index in [-0.39, 0.29) is 0 Å². The smallest absolute Gasteiger partial charge is 0.225 e. The summed E-state index contributed by atoms with van der Waals surface area (Å²) in [6.45, 7) is 8.28. The highest BCUT2D eigenvalue weighted by molar-refractivity contribution is 5.30. The zero-order chi connectivity index (χ0) is 12.8. The molecule has 1 fully saturated rings. The van der Waals surface area contributed by atoms with Crippen molar-refractivity contribution in [2.45, 2.75) is 19.9 Å². The number of nitrogens with zero attached hydrogens (tertiary/aromatic N) is 4. The molecule has 1 aromatic heterocycles. The van der Waals surface area contributed by atoms with E-state index in [1.54, 1.807) is 0 Å². The van der Waals surface area contributed by atoms with Crippen LogP contribution in [0, 0.1) is 0 Å². The van der Waals surface area contributed by atoms with E-state index in [4.69, 9.17) is 0 Å². The van der Waals surface area contributed by atoms with Gasteiger partial charge in [0.15, 0.2) is 0 Å². The minimum Gasteiger partial charge on any atom is -0.338 e. The van der Waals surface area contributed by atoms with Crippen LogP contribution in [0.1, 0.15) is 18.9 Å². The monoisotopic (exact) mass is 249 g/mol. The van der Waals surface area contributed by atoms with Gasteiger partial charge < -0.3 is 15.1 Å². The van der Waals surface area contributed by atoms with E-state index in [2.05, 4.69) is 39.1 Å². The van der Waals surface area contributed by atoms with E-state index < -0.39 is 0 Å². The fourth-order valence-electron chi connectivity index (χ4n) is 2.02. The van der Waals surface area contributed by atoms with E-state index in [1.165, 1.54) is 0 Å². The molecular formula is C13H23N5. The van der Waals surface area contributed by atoms with Gasteiger partial charge in [0.1, 0.15) is 0 Å². The highest BCUT2D eigenvalue weighted by atomic mass is 15.3. The van der Waals surface area contributed by atoms with Crippen molar-refractivity contribution in [2.24, 2.45) is 0 Å². The molecule has 0 atom stereocenters. The van der Waals surface area contributed by atoms with E-state index in [1.807, 2.05) is 12.4 Å². The molecule has 1 N–H and O–H groups in total. The summed E-state index contributed by atoms with van der Waals surface area (Å²) in [4.78, 5) is 13.5. The number of aromatic nitrogens is 2. The molecule has 5 nitrogen and oxygen atoms in total. The molecule has 0 radical (unpaired) electrons. The predicted molar refractivity (Wildman–Crippen MR) is 73.7 cm³/mol. The molecule has 0 aromatic carbocycles. The Labute approximate surface area is 109 Å². The maximum Gasteiger partial charge on any atom is 0.225 e. The molecular weight excluding hydrogens is 226 g/mol. The molecule has 1 aliphatic rings. The van der Waals surface area contributed by atoms with Gasteiger partial charge in [-0.1, -0.05) is 6.92 Å². The third-order valence-electron chi connectivity index (χ3n) is 3.23. The second-order valence-corrected chi connectivity index (χ2v) is 4.86. The van der Waals surface area contributed by atoms with Crippen molar-refractivity contribution in [1.29, 1.82) is 0 Å². The van der Waals surface area contributed by atoms with Crippen molar-refractivity contribution >= 4 is 5.95 Å². The Morgan fingerprint density at radius 3 is 2.44 bits per heavy atom. The fourth-order valence-corrected chi connectivity index (χ4v) is 2.02. The van der Waals surface area contributed by atoms with Crippen LogP contribution >= 0.6 is 0 Å². The highest BCUT2D eigenvalue weighted by Crippen LogP contribution is 2.09. The second kappa shape index (κ2) is 6.66. The SMILES string of the molecule is CCCNCc1cnc(N2CCN(C)CC2)nc1. The molecule has 0 bridgehead atoms. The zero-order valence-electron chi connectivity index (χ0n) is 11.4. The average Bonchev–Trinajstić information content (AvgIpc) is 2.41. The fraction of sp³-hybridized carbons (Fsp3) is 0.692. The second-order valence-electron chi connectivity index (χ2n) is 4.86. The zero-order valence-corrected chi connectivity index (χ0v) is 11.4. The standard InChI is InChI=1S/C13H23N5/c1-3-4-14-9-12-10-15-13(16-11-12)18-7-5-17(2)6-8-18/h10-11,14H,3-9H2,1-2H3. The van der Waals surface area contributed by atoms with Gasteiger partial charge in [0.05, 0.1) is 0 Å². The van der Waals surface area contributed by atoms with Crippen molar-refractivity contribution in [3.05, 3.63) is 18.0 Å². The van der Waals surface area contributed by atoms with Crippen molar-refractivity contribution in [2.75, 3.05) is 44.7 Å². The predicted octanol–water partition coefficient (Wildman–Crippen LogP) is 0.728. The van der Waals surface area contributed by atoms with Gasteiger partial charge in [-0.05, 0) is 20.0 Å². The molecule has 2 rings (SSSR count). The summed E-state index contributed by atoms with van der Waals surface area (Å²) >= 11 is 0. The molecule has 0 amide bonds. The Hall–Kier alpha value is -1.20. The summed E-state index contributed by atoms with van der Waals surface area (Å²) in [5.41, 5.74) is 1.15. The molecule has 0 unspecified atom stereocenters. The summed E-state index contributed by atoms with van der Waals surface area (Å²) in [6, 6.07) is 0. The lowest BCUT2D eigenvalue weighted by molar-refractivity contribution is 0.311. The molecule has 18 heavy (non-hydrogen) atoms. The normalized spacial score (nSPS) is 17.1. The molecule has 100 valence electrons. The van der Waals surface area contributed by atoms with Crippen molar-refractivity contribution in [3.63, 3.8) is 0 Å². The van der Waals surface area contributed by atoms with Gasteiger partial charge in [-0.15, -0.1) is 0 Å². The third-order valence-corrected chi connectivity index (χ3v) is 3.23. The Morgan fingerprint density at radius 1 is 1.17 bits per heavy atom. The van der Waals surface area contributed by atoms with Crippen LogP contribution in [0.2, 0.25) is 0 Å². The van der Waals surface area contributed by atoms with Gasteiger partial charge in [0, 0.05) is 50.7 Å². The summed E-state index contributed by atoms with van der Waals surface area (Å²) in [5.74, 6) is 0.863. The van der Waals surface area contributed by atoms with Crippen molar-refractivity contribution in [3.8, 4) is 0 Å². The average molecular weight is 249 g/mol. The minimum atomic E-state index is 0.858. The molecule has 0 spiro atoms. The molecule has 0 aliphatic carbocycles. The van der Waals surface area contributed by atoms with Crippen LogP contribution in [0.25, 0.3) is 0 Å². The molecule has 0 saturated carbocycles. The van der Waals surface area contributed by atoms with Crippen LogP contribution in [0.15, 0.2) is 12.4 Å².